The maximum absolute atomic E-state index is 13.3. The molecule has 156 valence electrons. The van der Waals surface area contributed by atoms with Crippen LogP contribution in [-0.4, -0.2) is 38.3 Å². The maximum Gasteiger partial charge on any atom is 0.267 e. The quantitative estimate of drug-likeness (QED) is 0.683. The Bertz CT molecular complexity index is 1100. The molecule has 0 saturated carbocycles. The van der Waals surface area contributed by atoms with Gasteiger partial charge < -0.3 is 15.4 Å². The summed E-state index contributed by atoms with van der Waals surface area (Å²) >= 11 is 6.61. The van der Waals surface area contributed by atoms with Gasteiger partial charge in [0.25, 0.3) is 5.91 Å². The standard InChI is InChI=1S/C21H23ClN6O2/c1-12(2)8-27-9-14(7-26-27)16-5-4-15(6-17(16)22)28-13(3)10-30-20-18(21(28)29)19(23)24-11-25-20/h4-7,9,11-13H,8,10H2,1-3H3,(H2,23,24,25). The summed E-state index contributed by atoms with van der Waals surface area (Å²) in [6.45, 7) is 7.28. The molecule has 0 saturated heterocycles. The number of amides is 1. The van der Waals surface area contributed by atoms with Crippen LogP contribution in [0.3, 0.4) is 0 Å². The van der Waals surface area contributed by atoms with E-state index in [0.717, 1.165) is 17.7 Å². The Labute approximate surface area is 179 Å². The summed E-state index contributed by atoms with van der Waals surface area (Å²) in [5.41, 5.74) is 8.53. The lowest BCUT2D eigenvalue weighted by Crippen LogP contribution is -2.40. The van der Waals surface area contributed by atoms with E-state index in [1.165, 1.54) is 6.33 Å². The first kappa shape index (κ1) is 20.2. The number of nitrogens with zero attached hydrogens (tertiary/aromatic N) is 5. The summed E-state index contributed by atoms with van der Waals surface area (Å²) in [6, 6.07) is 5.28. The van der Waals surface area contributed by atoms with Crippen LogP contribution in [0, 0.1) is 5.92 Å². The summed E-state index contributed by atoms with van der Waals surface area (Å²) < 4.78 is 7.59. The lowest BCUT2D eigenvalue weighted by molar-refractivity contribution is 0.0981. The summed E-state index contributed by atoms with van der Waals surface area (Å²) in [6.07, 6.45) is 5.06. The van der Waals surface area contributed by atoms with Crippen LogP contribution in [0.5, 0.6) is 5.88 Å². The van der Waals surface area contributed by atoms with Crippen molar-refractivity contribution in [2.75, 3.05) is 17.2 Å². The molecule has 1 unspecified atom stereocenters. The minimum absolute atomic E-state index is 0.0874. The Hall–Kier alpha value is -3.13. The third-order valence-electron chi connectivity index (χ3n) is 4.90. The molecule has 0 bridgehead atoms. The molecule has 0 spiro atoms. The first-order valence-electron chi connectivity index (χ1n) is 9.74. The Morgan fingerprint density at radius 1 is 1.33 bits per heavy atom. The fraction of sp³-hybridized carbons (Fsp3) is 0.333. The highest BCUT2D eigenvalue weighted by molar-refractivity contribution is 6.33. The molecular formula is C21H23ClN6O2. The number of anilines is 2. The van der Waals surface area contributed by atoms with Crippen molar-refractivity contribution in [3.8, 4) is 17.0 Å². The number of benzene rings is 1. The summed E-state index contributed by atoms with van der Waals surface area (Å²) in [4.78, 5) is 22.9. The second-order valence-electron chi connectivity index (χ2n) is 7.78. The van der Waals surface area contributed by atoms with E-state index in [9.17, 15) is 4.79 Å². The van der Waals surface area contributed by atoms with Crippen molar-refractivity contribution in [3.05, 3.63) is 47.5 Å². The Morgan fingerprint density at radius 3 is 2.87 bits per heavy atom. The van der Waals surface area contributed by atoms with Crippen molar-refractivity contribution < 1.29 is 9.53 Å². The van der Waals surface area contributed by atoms with Gasteiger partial charge >= 0.3 is 0 Å². The van der Waals surface area contributed by atoms with Crippen molar-refractivity contribution >= 4 is 29.0 Å². The largest absolute Gasteiger partial charge is 0.475 e. The SMILES string of the molecule is CC(C)Cn1cc(-c2ccc(N3C(=O)c4c(N)ncnc4OCC3C)cc2Cl)cn1. The fourth-order valence-corrected chi connectivity index (χ4v) is 3.81. The van der Waals surface area contributed by atoms with Gasteiger partial charge in [-0.05, 0) is 25.0 Å². The zero-order valence-corrected chi connectivity index (χ0v) is 17.8. The molecule has 2 aromatic heterocycles. The molecule has 3 heterocycles. The number of carbonyl (C=O) groups is 1. The zero-order valence-electron chi connectivity index (χ0n) is 17.0. The van der Waals surface area contributed by atoms with E-state index in [0.29, 0.717) is 16.6 Å². The molecule has 0 fully saturated rings. The van der Waals surface area contributed by atoms with Gasteiger partial charge in [0.1, 0.15) is 24.3 Å². The van der Waals surface area contributed by atoms with Gasteiger partial charge in [-0.15, -0.1) is 0 Å². The summed E-state index contributed by atoms with van der Waals surface area (Å²) in [5, 5.41) is 4.93. The van der Waals surface area contributed by atoms with Crippen LogP contribution in [0.15, 0.2) is 36.9 Å². The third kappa shape index (κ3) is 3.70. The molecule has 30 heavy (non-hydrogen) atoms. The molecule has 1 aliphatic rings. The van der Waals surface area contributed by atoms with Gasteiger partial charge in [0.15, 0.2) is 0 Å². The van der Waals surface area contributed by atoms with Gasteiger partial charge in [-0.2, -0.15) is 5.10 Å². The van der Waals surface area contributed by atoms with Gasteiger partial charge in [-0.25, -0.2) is 9.97 Å². The Morgan fingerprint density at radius 2 is 2.13 bits per heavy atom. The predicted octanol–water partition coefficient (Wildman–Crippen LogP) is 3.66. The number of nitrogen functional groups attached to an aromatic ring is 1. The second-order valence-corrected chi connectivity index (χ2v) is 8.19. The summed E-state index contributed by atoms with van der Waals surface area (Å²) in [5.74, 6) is 0.459. The number of halogens is 1. The van der Waals surface area contributed by atoms with E-state index in [1.807, 2.05) is 29.9 Å². The van der Waals surface area contributed by atoms with Crippen LogP contribution < -0.4 is 15.4 Å². The summed E-state index contributed by atoms with van der Waals surface area (Å²) in [7, 11) is 0. The number of carbonyl (C=O) groups excluding carboxylic acids is 1. The smallest absolute Gasteiger partial charge is 0.267 e. The monoisotopic (exact) mass is 426 g/mol. The zero-order chi connectivity index (χ0) is 21.4. The molecule has 3 aromatic rings. The van der Waals surface area contributed by atoms with Crippen molar-refractivity contribution in [3.63, 3.8) is 0 Å². The van der Waals surface area contributed by atoms with E-state index in [4.69, 9.17) is 22.1 Å². The number of fused-ring (bicyclic) bond motifs is 1. The van der Waals surface area contributed by atoms with E-state index in [-0.39, 0.29) is 35.8 Å². The molecule has 1 aromatic carbocycles. The molecule has 2 N–H and O–H groups in total. The molecular weight excluding hydrogens is 404 g/mol. The molecule has 0 radical (unpaired) electrons. The molecule has 8 nitrogen and oxygen atoms in total. The lowest BCUT2D eigenvalue weighted by atomic mass is 10.1. The van der Waals surface area contributed by atoms with E-state index in [2.05, 4.69) is 28.9 Å². The minimum Gasteiger partial charge on any atom is -0.475 e. The Balaban J connectivity index is 1.69. The highest BCUT2D eigenvalue weighted by Gasteiger charge is 2.33. The number of aromatic nitrogens is 4. The van der Waals surface area contributed by atoms with Crippen molar-refractivity contribution in [2.45, 2.75) is 33.4 Å². The van der Waals surface area contributed by atoms with Crippen LogP contribution in [0.2, 0.25) is 5.02 Å². The molecule has 9 heteroatoms. The van der Waals surface area contributed by atoms with Crippen LogP contribution >= 0.6 is 11.6 Å². The fourth-order valence-electron chi connectivity index (χ4n) is 3.52. The van der Waals surface area contributed by atoms with Gasteiger partial charge in [0, 0.05) is 29.6 Å². The number of hydrogen-bond donors (Lipinski definition) is 1. The molecule has 1 amide bonds. The number of ether oxygens (including phenoxy) is 1. The van der Waals surface area contributed by atoms with Gasteiger partial charge in [-0.1, -0.05) is 31.5 Å². The van der Waals surface area contributed by atoms with E-state index < -0.39 is 0 Å². The predicted molar refractivity (Wildman–Crippen MR) is 116 cm³/mol. The van der Waals surface area contributed by atoms with Gasteiger partial charge in [-0.3, -0.25) is 9.48 Å². The normalized spacial score (nSPS) is 16.4. The number of hydrogen-bond acceptors (Lipinski definition) is 6. The molecule has 4 rings (SSSR count). The second kappa shape index (κ2) is 7.95. The highest BCUT2D eigenvalue weighted by Crippen LogP contribution is 2.35. The van der Waals surface area contributed by atoms with Crippen molar-refractivity contribution in [1.29, 1.82) is 0 Å². The van der Waals surface area contributed by atoms with Crippen molar-refractivity contribution in [2.24, 2.45) is 5.92 Å². The van der Waals surface area contributed by atoms with E-state index >= 15 is 0 Å². The topological polar surface area (TPSA) is 99.2 Å². The highest BCUT2D eigenvalue weighted by atomic mass is 35.5. The molecule has 1 aliphatic heterocycles. The van der Waals surface area contributed by atoms with Crippen LogP contribution in [0.25, 0.3) is 11.1 Å². The third-order valence-corrected chi connectivity index (χ3v) is 5.22. The number of rotatable bonds is 4. The molecule has 1 atom stereocenters. The molecule has 0 aliphatic carbocycles. The minimum atomic E-state index is -0.318. The lowest BCUT2D eigenvalue weighted by Gasteiger charge is -2.27. The van der Waals surface area contributed by atoms with Crippen LogP contribution in [-0.2, 0) is 6.54 Å². The number of nitrogens with two attached hydrogens (primary N) is 1. The first-order chi connectivity index (χ1) is 14.3. The van der Waals surface area contributed by atoms with Gasteiger partial charge in [0.2, 0.25) is 5.88 Å². The Kier molecular flexibility index (Phi) is 5.34. The van der Waals surface area contributed by atoms with Crippen LogP contribution in [0.1, 0.15) is 31.1 Å². The first-order valence-corrected chi connectivity index (χ1v) is 10.1. The maximum atomic E-state index is 13.3. The van der Waals surface area contributed by atoms with Crippen LogP contribution in [0.4, 0.5) is 11.5 Å². The van der Waals surface area contributed by atoms with E-state index in [1.54, 1.807) is 17.2 Å². The average Bonchev–Trinajstić information content (AvgIpc) is 3.08. The average molecular weight is 427 g/mol. The van der Waals surface area contributed by atoms with Crippen molar-refractivity contribution in [1.82, 2.24) is 19.7 Å². The van der Waals surface area contributed by atoms with Gasteiger partial charge in [0.05, 0.1) is 17.3 Å².